The van der Waals surface area contributed by atoms with Crippen LogP contribution in [0.1, 0.15) is 58.3 Å². The summed E-state index contributed by atoms with van der Waals surface area (Å²) in [6, 6.07) is 0.449. The average Bonchev–Trinajstić information content (AvgIpc) is 3.17. The molecule has 0 heterocycles. The van der Waals surface area contributed by atoms with Crippen molar-refractivity contribution in [3.63, 3.8) is 0 Å². The highest BCUT2D eigenvalue weighted by Crippen LogP contribution is 2.21. The number of hydrogen-bond acceptors (Lipinski definition) is 3. The number of guanidine groups is 1. The summed E-state index contributed by atoms with van der Waals surface area (Å²) in [5.74, 6) is 0.778. The topological polar surface area (TPSA) is 62.7 Å². The smallest absolute Gasteiger partial charge is 0.306 e. The Balaban J connectivity index is 1.63. The van der Waals surface area contributed by atoms with Crippen LogP contribution in [0.2, 0.25) is 0 Å². The second kappa shape index (κ2) is 9.49. The maximum Gasteiger partial charge on any atom is 0.306 e. The number of carbonyl (C=O) groups is 1. The zero-order valence-electron chi connectivity index (χ0n) is 13.6. The van der Waals surface area contributed by atoms with E-state index >= 15 is 0 Å². The predicted octanol–water partition coefficient (Wildman–Crippen LogP) is 2.53. The molecular formula is C17H29N3O2. The van der Waals surface area contributed by atoms with Gasteiger partial charge in [0.15, 0.2) is 5.96 Å². The lowest BCUT2D eigenvalue weighted by Gasteiger charge is -2.16. The Hall–Kier alpha value is -1.52. The van der Waals surface area contributed by atoms with Gasteiger partial charge in [-0.3, -0.25) is 9.79 Å². The summed E-state index contributed by atoms with van der Waals surface area (Å²) in [7, 11) is 0. The zero-order valence-corrected chi connectivity index (χ0v) is 13.6. The van der Waals surface area contributed by atoms with Crippen LogP contribution in [0.25, 0.3) is 0 Å². The van der Waals surface area contributed by atoms with Crippen molar-refractivity contribution in [1.82, 2.24) is 10.6 Å². The molecule has 0 radical (unpaired) electrons. The molecule has 0 aromatic carbocycles. The first kappa shape index (κ1) is 16.8. The maximum absolute atomic E-state index is 11.7. The molecule has 5 nitrogen and oxygen atoms in total. The molecule has 2 N–H and O–H groups in total. The second-order valence-electron chi connectivity index (χ2n) is 6.04. The third kappa shape index (κ3) is 6.08. The standard InChI is InChI=1S/C17H29N3O2/c1-2-18-17(20-14-8-3-4-9-14)19-13-7-12-16(21)22-15-10-5-6-11-15/h3-4,14-15H,2,5-13H2,1H3,(H2,18,19,20). The summed E-state index contributed by atoms with van der Waals surface area (Å²) in [4.78, 5) is 16.3. The Morgan fingerprint density at radius 2 is 2.00 bits per heavy atom. The van der Waals surface area contributed by atoms with Crippen molar-refractivity contribution < 1.29 is 9.53 Å². The summed E-state index contributed by atoms with van der Waals surface area (Å²) >= 11 is 0. The van der Waals surface area contributed by atoms with Crippen molar-refractivity contribution in [3.05, 3.63) is 12.2 Å². The lowest BCUT2D eigenvalue weighted by molar-refractivity contribution is -0.148. The van der Waals surface area contributed by atoms with E-state index in [2.05, 4.69) is 34.7 Å². The van der Waals surface area contributed by atoms with Crippen LogP contribution in [-0.4, -0.2) is 37.2 Å². The molecule has 2 rings (SSSR count). The molecule has 1 saturated carbocycles. The highest BCUT2D eigenvalue weighted by molar-refractivity contribution is 5.80. The van der Waals surface area contributed by atoms with Crippen LogP contribution in [0.15, 0.2) is 17.1 Å². The molecule has 0 unspecified atom stereocenters. The summed E-state index contributed by atoms with van der Waals surface area (Å²) < 4.78 is 5.45. The molecule has 124 valence electrons. The molecule has 0 spiro atoms. The second-order valence-corrected chi connectivity index (χ2v) is 6.04. The van der Waals surface area contributed by atoms with E-state index in [1.165, 1.54) is 12.8 Å². The Morgan fingerprint density at radius 1 is 1.27 bits per heavy atom. The van der Waals surface area contributed by atoms with Crippen molar-refractivity contribution in [2.24, 2.45) is 4.99 Å². The average molecular weight is 307 g/mol. The number of hydrogen-bond donors (Lipinski definition) is 2. The minimum Gasteiger partial charge on any atom is -0.462 e. The lowest BCUT2D eigenvalue weighted by atomic mass is 10.2. The van der Waals surface area contributed by atoms with Crippen LogP contribution in [0.3, 0.4) is 0 Å². The summed E-state index contributed by atoms with van der Waals surface area (Å²) in [6.07, 6.45) is 12.3. The van der Waals surface area contributed by atoms with Crippen molar-refractivity contribution in [1.29, 1.82) is 0 Å². The van der Waals surface area contributed by atoms with Gasteiger partial charge in [-0.2, -0.15) is 0 Å². The van der Waals surface area contributed by atoms with Gasteiger partial charge in [-0.25, -0.2) is 0 Å². The van der Waals surface area contributed by atoms with E-state index in [0.717, 1.165) is 44.6 Å². The molecular weight excluding hydrogens is 278 g/mol. The first-order valence-corrected chi connectivity index (χ1v) is 8.67. The monoisotopic (exact) mass is 307 g/mol. The molecule has 22 heavy (non-hydrogen) atoms. The Morgan fingerprint density at radius 3 is 2.68 bits per heavy atom. The molecule has 1 fully saturated rings. The van der Waals surface area contributed by atoms with E-state index < -0.39 is 0 Å². The fourth-order valence-corrected chi connectivity index (χ4v) is 2.91. The largest absolute Gasteiger partial charge is 0.462 e. The van der Waals surface area contributed by atoms with Gasteiger partial charge >= 0.3 is 5.97 Å². The first-order valence-electron chi connectivity index (χ1n) is 8.67. The normalized spacial score (nSPS) is 19.6. The minimum atomic E-state index is -0.0694. The van der Waals surface area contributed by atoms with E-state index in [1.807, 2.05) is 0 Å². The van der Waals surface area contributed by atoms with Gasteiger partial charge in [0.25, 0.3) is 0 Å². The van der Waals surface area contributed by atoms with Crippen molar-refractivity contribution in [2.45, 2.75) is 70.4 Å². The number of nitrogens with zero attached hydrogens (tertiary/aromatic N) is 1. The Kier molecular flexibility index (Phi) is 7.26. The molecule has 2 aliphatic rings. The fourth-order valence-electron chi connectivity index (χ4n) is 2.91. The van der Waals surface area contributed by atoms with E-state index in [-0.39, 0.29) is 12.1 Å². The molecule has 0 saturated heterocycles. The number of ether oxygens (including phenoxy) is 1. The van der Waals surface area contributed by atoms with Crippen molar-refractivity contribution in [2.75, 3.05) is 13.1 Å². The molecule has 2 aliphatic carbocycles. The van der Waals surface area contributed by atoms with Crippen LogP contribution < -0.4 is 10.6 Å². The van der Waals surface area contributed by atoms with E-state index in [9.17, 15) is 4.79 Å². The van der Waals surface area contributed by atoms with Crippen molar-refractivity contribution in [3.8, 4) is 0 Å². The molecule has 0 amide bonds. The molecule has 0 aromatic heterocycles. The number of rotatable bonds is 7. The van der Waals surface area contributed by atoms with Crippen LogP contribution in [-0.2, 0) is 9.53 Å². The SMILES string of the molecule is CCNC(=NCCCC(=O)OC1CCCC1)NC1CC=CC1. The summed E-state index contributed by atoms with van der Waals surface area (Å²) in [5, 5.41) is 6.68. The van der Waals surface area contributed by atoms with Gasteiger partial charge in [0.05, 0.1) is 0 Å². The van der Waals surface area contributed by atoms with E-state index in [1.54, 1.807) is 0 Å². The molecule has 0 aromatic rings. The number of nitrogens with one attached hydrogen (secondary N) is 2. The van der Waals surface area contributed by atoms with Gasteiger partial charge in [-0.1, -0.05) is 12.2 Å². The molecule has 5 heteroatoms. The Bertz CT molecular complexity index is 393. The molecule has 0 atom stereocenters. The number of carbonyl (C=O) groups excluding carboxylic acids is 1. The number of esters is 1. The van der Waals surface area contributed by atoms with Crippen molar-refractivity contribution >= 4 is 11.9 Å². The summed E-state index contributed by atoms with van der Waals surface area (Å²) in [6.45, 7) is 3.55. The fraction of sp³-hybridized carbons (Fsp3) is 0.765. The van der Waals surface area contributed by atoms with Gasteiger partial charge in [0.2, 0.25) is 0 Å². The van der Waals surface area contributed by atoms with E-state index in [4.69, 9.17) is 4.74 Å². The van der Waals surface area contributed by atoms with Crippen LogP contribution in [0.5, 0.6) is 0 Å². The van der Waals surface area contributed by atoms with Crippen LogP contribution >= 0.6 is 0 Å². The van der Waals surface area contributed by atoms with Gasteiger partial charge in [0, 0.05) is 25.6 Å². The Labute approximate surface area is 133 Å². The number of aliphatic imine (C=N–C) groups is 1. The predicted molar refractivity (Wildman–Crippen MR) is 88.9 cm³/mol. The molecule has 0 aliphatic heterocycles. The molecule has 0 bridgehead atoms. The summed E-state index contributed by atoms with van der Waals surface area (Å²) in [5.41, 5.74) is 0. The zero-order chi connectivity index (χ0) is 15.6. The third-order valence-electron chi connectivity index (χ3n) is 4.10. The highest BCUT2D eigenvalue weighted by atomic mass is 16.5. The minimum absolute atomic E-state index is 0.0694. The van der Waals surface area contributed by atoms with Gasteiger partial charge in [-0.05, 0) is 51.9 Å². The first-order chi connectivity index (χ1) is 10.8. The maximum atomic E-state index is 11.7. The van der Waals surface area contributed by atoms with Gasteiger partial charge in [0.1, 0.15) is 6.10 Å². The lowest BCUT2D eigenvalue weighted by Crippen LogP contribution is -2.42. The quantitative estimate of drug-likeness (QED) is 0.249. The van der Waals surface area contributed by atoms with Crippen LogP contribution in [0, 0.1) is 0 Å². The highest BCUT2D eigenvalue weighted by Gasteiger charge is 2.18. The van der Waals surface area contributed by atoms with Gasteiger partial charge < -0.3 is 15.4 Å². The third-order valence-corrected chi connectivity index (χ3v) is 4.10. The van der Waals surface area contributed by atoms with E-state index in [0.29, 0.717) is 19.0 Å². The van der Waals surface area contributed by atoms with Gasteiger partial charge in [-0.15, -0.1) is 0 Å². The van der Waals surface area contributed by atoms with Crippen LogP contribution in [0.4, 0.5) is 0 Å².